The van der Waals surface area contributed by atoms with Crippen LogP contribution in [0.5, 0.6) is 5.75 Å². The van der Waals surface area contributed by atoms with Gasteiger partial charge < -0.3 is 10.2 Å². The lowest BCUT2D eigenvalue weighted by Gasteiger charge is -2.07. The van der Waals surface area contributed by atoms with Gasteiger partial charge in [0.1, 0.15) is 18.2 Å². The van der Waals surface area contributed by atoms with Gasteiger partial charge in [-0.15, -0.1) is 0 Å². The van der Waals surface area contributed by atoms with Gasteiger partial charge in [-0.05, 0) is 24.3 Å². The molecule has 94 valence electrons. The molecule has 0 fully saturated rings. The van der Waals surface area contributed by atoms with Crippen molar-refractivity contribution in [1.29, 1.82) is 0 Å². The third-order valence-electron chi connectivity index (χ3n) is 2.23. The maximum atomic E-state index is 5.89. The van der Waals surface area contributed by atoms with Gasteiger partial charge in [0.25, 0.3) is 0 Å². The summed E-state index contributed by atoms with van der Waals surface area (Å²) in [6, 6.07) is 10.6. The van der Waals surface area contributed by atoms with Crippen LogP contribution in [0.2, 0.25) is 10.0 Å². The Morgan fingerprint density at radius 3 is 2.72 bits per heavy atom. The van der Waals surface area contributed by atoms with Crippen molar-refractivity contribution in [2.45, 2.75) is 6.61 Å². The smallest absolute Gasteiger partial charge is 0.140 e. The quantitative estimate of drug-likeness (QED) is 0.668. The van der Waals surface area contributed by atoms with E-state index < -0.39 is 0 Å². The number of halogens is 2. The van der Waals surface area contributed by atoms with Crippen molar-refractivity contribution in [3.63, 3.8) is 0 Å². The highest BCUT2D eigenvalue weighted by atomic mass is 35.5. The fraction of sp³-hybridized carbons (Fsp3) is 0.0833. The summed E-state index contributed by atoms with van der Waals surface area (Å²) in [5, 5.41) is 0.955. The zero-order chi connectivity index (χ0) is 13.0. The summed E-state index contributed by atoms with van der Waals surface area (Å²) in [4.78, 5) is 4.23. The Kier molecular flexibility index (Phi) is 4.25. The van der Waals surface area contributed by atoms with Crippen LogP contribution in [0, 0.1) is 0 Å². The molecule has 0 amide bonds. The van der Waals surface area contributed by atoms with Gasteiger partial charge in [0.15, 0.2) is 0 Å². The van der Waals surface area contributed by atoms with E-state index in [1.807, 2.05) is 12.1 Å². The number of hydrogen-bond donors (Lipinski definition) is 2. The number of hydrogen-bond acceptors (Lipinski definition) is 4. The molecule has 0 saturated heterocycles. The molecule has 6 heteroatoms. The van der Waals surface area contributed by atoms with Crippen molar-refractivity contribution < 1.29 is 4.74 Å². The molecule has 2 rings (SSSR count). The molecule has 0 aliphatic heterocycles. The van der Waals surface area contributed by atoms with Gasteiger partial charge in [-0.1, -0.05) is 29.3 Å². The van der Waals surface area contributed by atoms with Gasteiger partial charge in [-0.3, -0.25) is 0 Å². The first-order chi connectivity index (χ1) is 8.69. The second kappa shape index (κ2) is 5.91. The van der Waals surface area contributed by atoms with E-state index in [1.165, 1.54) is 0 Å². The SMILES string of the molecule is NNc1cccc(COc2ccc(Cl)c(Cl)c2)n1. The van der Waals surface area contributed by atoms with Crippen LogP contribution in [0.25, 0.3) is 0 Å². The van der Waals surface area contributed by atoms with Crippen molar-refractivity contribution in [3.8, 4) is 5.75 Å². The molecule has 0 spiro atoms. The van der Waals surface area contributed by atoms with Crippen LogP contribution in [-0.4, -0.2) is 4.98 Å². The van der Waals surface area contributed by atoms with Crippen LogP contribution >= 0.6 is 23.2 Å². The summed E-state index contributed by atoms with van der Waals surface area (Å²) in [6.07, 6.45) is 0. The van der Waals surface area contributed by atoms with Gasteiger partial charge in [-0.25, -0.2) is 10.8 Å². The van der Waals surface area contributed by atoms with Crippen LogP contribution in [-0.2, 0) is 6.61 Å². The molecule has 4 nitrogen and oxygen atoms in total. The number of nitrogens with zero attached hydrogens (tertiary/aromatic N) is 1. The van der Waals surface area contributed by atoms with Crippen molar-refractivity contribution in [2.75, 3.05) is 5.43 Å². The molecule has 3 N–H and O–H groups in total. The van der Waals surface area contributed by atoms with Crippen molar-refractivity contribution in [1.82, 2.24) is 4.98 Å². The number of pyridine rings is 1. The molecule has 0 saturated carbocycles. The Morgan fingerprint density at radius 1 is 1.17 bits per heavy atom. The summed E-state index contributed by atoms with van der Waals surface area (Å²) in [5.74, 6) is 6.50. The Bertz CT molecular complexity index is 549. The summed E-state index contributed by atoms with van der Waals surface area (Å²) in [7, 11) is 0. The van der Waals surface area contributed by atoms with Gasteiger partial charge in [0.05, 0.1) is 15.7 Å². The number of hydrazine groups is 1. The summed E-state index contributed by atoms with van der Waals surface area (Å²) >= 11 is 11.7. The largest absolute Gasteiger partial charge is 0.487 e. The molecule has 0 aliphatic rings. The zero-order valence-corrected chi connectivity index (χ0v) is 10.9. The molecule has 0 aliphatic carbocycles. The molecule has 0 atom stereocenters. The van der Waals surface area contributed by atoms with Gasteiger partial charge in [-0.2, -0.15) is 0 Å². The van der Waals surface area contributed by atoms with Crippen LogP contribution in [0.1, 0.15) is 5.69 Å². The standard InChI is InChI=1S/C12H11Cl2N3O/c13-10-5-4-9(6-11(10)14)18-7-8-2-1-3-12(16-8)17-15/h1-6H,7,15H2,(H,16,17). The number of anilines is 1. The molecule has 0 bridgehead atoms. The molecule has 1 aromatic carbocycles. The molecule has 2 aromatic rings. The first-order valence-corrected chi connectivity index (χ1v) is 5.95. The normalized spacial score (nSPS) is 10.2. The molecular weight excluding hydrogens is 273 g/mol. The Morgan fingerprint density at radius 2 is 2.00 bits per heavy atom. The third-order valence-corrected chi connectivity index (χ3v) is 2.97. The third kappa shape index (κ3) is 3.26. The number of nitrogens with two attached hydrogens (primary N) is 1. The monoisotopic (exact) mass is 283 g/mol. The minimum absolute atomic E-state index is 0.327. The average molecular weight is 284 g/mol. The maximum absolute atomic E-state index is 5.89. The second-order valence-corrected chi connectivity index (χ2v) is 4.34. The first kappa shape index (κ1) is 13.0. The lowest BCUT2D eigenvalue weighted by molar-refractivity contribution is 0.301. The highest BCUT2D eigenvalue weighted by Crippen LogP contribution is 2.26. The fourth-order valence-corrected chi connectivity index (χ4v) is 1.65. The van der Waals surface area contributed by atoms with Crippen LogP contribution in [0.3, 0.4) is 0 Å². The lowest BCUT2D eigenvalue weighted by atomic mass is 10.3. The predicted octanol–water partition coefficient (Wildman–Crippen LogP) is 3.25. The fourth-order valence-electron chi connectivity index (χ4n) is 1.36. The number of aromatic nitrogens is 1. The second-order valence-electron chi connectivity index (χ2n) is 3.52. The van der Waals surface area contributed by atoms with Crippen LogP contribution < -0.4 is 16.0 Å². The molecule has 1 aromatic heterocycles. The zero-order valence-electron chi connectivity index (χ0n) is 9.36. The van der Waals surface area contributed by atoms with E-state index >= 15 is 0 Å². The summed E-state index contributed by atoms with van der Waals surface area (Å²) < 4.78 is 5.55. The molecule has 18 heavy (non-hydrogen) atoms. The molecule has 0 unspecified atom stereocenters. The average Bonchev–Trinajstić information content (AvgIpc) is 2.40. The number of benzene rings is 1. The van der Waals surface area contributed by atoms with Gasteiger partial charge in [0, 0.05) is 6.07 Å². The minimum atomic E-state index is 0.327. The summed E-state index contributed by atoms with van der Waals surface area (Å²) in [6.45, 7) is 0.327. The Hall–Kier alpha value is -1.49. The predicted molar refractivity (Wildman–Crippen MR) is 72.8 cm³/mol. The first-order valence-electron chi connectivity index (χ1n) is 5.19. The number of rotatable bonds is 4. The number of ether oxygens (including phenoxy) is 1. The molecular formula is C12H11Cl2N3O. The van der Waals surface area contributed by atoms with E-state index in [2.05, 4.69) is 10.4 Å². The number of nitrogens with one attached hydrogen (secondary N) is 1. The van der Waals surface area contributed by atoms with E-state index in [4.69, 9.17) is 33.8 Å². The van der Waals surface area contributed by atoms with Crippen molar-refractivity contribution in [3.05, 3.63) is 52.1 Å². The molecule has 1 heterocycles. The van der Waals surface area contributed by atoms with Gasteiger partial charge in [0.2, 0.25) is 0 Å². The van der Waals surface area contributed by atoms with E-state index in [1.54, 1.807) is 24.3 Å². The highest BCUT2D eigenvalue weighted by Gasteiger charge is 2.02. The van der Waals surface area contributed by atoms with Crippen molar-refractivity contribution >= 4 is 29.0 Å². The van der Waals surface area contributed by atoms with Gasteiger partial charge >= 0.3 is 0 Å². The van der Waals surface area contributed by atoms with E-state index in [0.29, 0.717) is 28.2 Å². The van der Waals surface area contributed by atoms with E-state index in [-0.39, 0.29) is 0 Å². The Labute approximate surface area is 115 Å². The highest BCUT2D eigenvalue weighted by molar-refractivity contribution is 6.42. The lowest BCUT2D eigenvalue weighted by Crippen LogP contribution is -2.09. The van der Waals surface area contributed by atoms with E-state index in [0.717, 1.165) is 5.69 Å². The summed E-state index contributed by atoms with van der Waals surface area (Å²) in [5.41, 5.74) is 3.24. The van der Waals surface area contributed by atoms with Crippen LogP contribution in [0.4, 0.5) is 5.82 Å². The van der Waals surface area contributed by atoms with Crippen LogP contribution in [0.15, 0.2) is 36.4 Å². The maximum Gasteiger partial charge on any atom is 0.140 e. The number of nitrogen functional groups attached to an aromatic ring is 1. The van der Waals surface area contributed by atoms with E-state index in [9.17, 15) is 0 Å². The van der Waals surface area contributed by atoms with Crippen molar-refractivity contribution in [2.24, 2.45) is 5.84 Å². The topological polar surface area (TPSA) is 60.2 Å². The Balaban J connectivity index is 2.04. The minimum Gasteiger partial charge on any atom is -0.487 e. The molecule has 0 radical (unpaired) electrons.